The van der Waals surface area contributed by atoms with Gasteiger partial charge in [0.15, 0.2) is 0 Å². The summed E-state index contributed by atoms with van der Waals surface area (Å²) in [6, 6.07) is 6.14. The van der Waals surface area contributed by atoms with E-state index < -0.39 is 16.5 Å². The van der Waals surface area contributed by atoms with Gasteiger partial charge in [0.25, 0.3) is 0 Å². The van der Waals surface area contributed by atoms with Crippen LogP contribution in [0.25, 0.3) is 20.6 Å². The number of aromatic nitrogens is 1. The average molecular weight is 550 g/mol. The fourth-order valence-corrected chi connectivity index (χ4v) is 4.54. The number of hydrogen-bond acceptors (Lipinski definition) is 3. The second-order valence-electron chi connectivity index (χ2n) is 12.2. The SMILES string of the molecule is CC(C[N-][Si](C)(C)C)(C[N-][Si](C)(C)C)c1ccccn1.C[N-]C1=CN(C)C[N-]C1=NC(C)(C)C.[Ti+4]. The van der Waals surface area contributed by atoms with E-state index in [1.54, 1.807) is 7.05 Å². The van der Waals surface area contributed by atoms with Crippen molar-refractivity contribution in [2.45, 2.75) is 77.9 Å². The molecule has 0 atom stereocenters. The fraction of sp³-hybridized carbons (Fsp3) is 0.680. The van der Waals surface area contributed by atoms with Crippen LogP contribution in [0.2, 0.25) is 39.3 Å². The molecule has 1 aliphatic rings. The summed E-state index contributed by atoms with van der Waals surface area (Å²) in [5, 5.41) is 8.52. The van der Waals surface area contributed by atoms with Gasteiger partial charge in [-0.25, -0.2) is 0 Å². The third-order valence-corrected chi connectivity index (χ3v) is 7.00. The molecule has 1 aromatic heterocycles. The first-order chi connectivity index (χ1) is 15.4. The molecule has 0 bridgehead atoms. The van der Waals surface area contributed by atoms with Crippen molar-refractivity contribution < 1.29 is 21.7 Å². The van der Waals surface area contributed by atoms with Crippen LogP contribution in [0.5, 0.6) is 0 Å². The predicted molar refractivity (Wildman–Crippen MR) is 155 cm³/mol. The second kappa shape index (κ2) is 14.1. The van der Waals surface area contributed by atoms with Gasteiger partial charge in [0, 0.05) is 25.6 Å². The summed E-state index contributed by atoms with van der Waals surface area (Å²) < 4.78 is 0. The molecular weight excluding hydrogens is 502 g/mol. The summed E-state index contributed by atoms with van der Waals surface area (Å²) in [4.78, 5) is 21.0. The smallest absolute Gasteiger partial charge is 0.686 e. The van der Waals surface area contributed by atoms with Gasteiger partial charge in [-0.05, 0) is 29.3 Å². The number of pyridine rings is 1. The van der Waals surface area contributed by atoms with Crippen molar-refractivity contribution >= 4 is 22.3 Å². The van der Waals surface area contributed by atoms with E-state index in [2.05, 4.69) is 99.7 Å². The molecule has 35 heavy (non-hydrogen) atoms. The van der Waals surface area contributed by atoms with Gasteiger partial charge in [-0.2, -0.15) is 0 Å². The van der Waals surface area contributed by atoms with Gasteiger partial charge in [-0.3, -0.25) is 4.98 Å². The van der Waals surface area contributed by atoms with Crippen molar-refractivity contribution in [3.63, 3.8) is 0 Å². The molecule has 0 spiro atoms. The van der Waals surface area contributed by atoms with Crippen molar-refractivity contribution in [1.29, 1.82) is 0 Å². The molecule has 0 saturated heterocycles. The van der Waals surface area contributed by atoms with Crippen molar-refractivity contribution in [3.8, 4) is 0 Å². The minimum Gasteiger partial charge on any atom is -0.686 e. The van der Waals surface area contributed by atoms with E-state index in [9.17, 15) is 0 Å². The zero-order valence-corrected chi connectivity index (χ0v) is 27.7. The first-order valence-electron chi connectivity index (χ1n) is 12.0. The van der Waals surface area contributed by atoms with E-state index >= 15 is 0 Å². The molecule has 0 aliphatic carbocycles. The van der Waals surface area contributed by atoms with E-state index in [1.165, 1.54) is 0 Å². The Morgan fingerprint density at radius 1 is 1.00 bits per heavy atom. The molecule has 7 nitrogen and oxygen atoms in total. The van der Waals surface area contributed by atoms with Crippen molar-refractivity contribution in [3.05, 3.63) is 62.6 Å². The predicted octanol–water partition coefficient (Wildman–Crippen LogP) is 7.06. The zero-order chi connectivity index (χ0) is 26.2. The van der Waals surface area contributed by atoms with E-state index in [1.807, 2.05) is 30.4 Å². The molecule has 2 rings (SSSR count). The van der Waals surface area contributed by atoms with Crippen LogP contribution in [0.3, 0.4) is 0 Å². The minimum atomic E-state index is -1.41. The molecule has 0 amide bonds. The second-order valence-corrected chi connectivity index (χ2v) is 21.5. The first-order valence-corrected chi connectivity index (χ1v) is 18.9. The monoisotopic (exact) mass is 549 g/mol. The summed E-state index contributed by atoms with van der Waals surface area (Å²) >= 11 is 0. The summed E-state index contributed by atoms with van der Waals surface area (Å²) in [6.45, 7) is 24.4. The van der Waals surface area contributed by atoms with E-state index in [0.29, 0.717) is 6.67 Å². The first kappa shape index (κ1) is 34.0. The normalized spacial score (nSPS) is 15.9. The van der Waals surface area contributed by atoms with Crippen LogP contribution >= 0.6 is 0 Å². The number of aliphatic imine (C=N–C) groups is 1. The van der Waals surface area contributed by atoms with Crippen molar-refractivity contribution in [2.24, 2.45) is 4.99 Å². The Balaban J connectivity index is 0.000000680. The van der Waals surface area contributed by atoms with Crippen LogP contribution in [0, 0.1) is 0 Å². The van der Waals surface area contributed by atoms with Gasteiger partial charge in [0.05, 0.1) is 0 Å². The van der Waals surface area contributed by atoms with Crippen LogP contribution in [0.4, 0.5) is 0 Å². The Bertz CT molecular complexity index is 792. The summed E-state index contributed by atoms with van der Waals surface area (Å²) in [7, 11) is 0.922. The molecule has 0 saturated carbocycles. The third kappa shape index (κ3) is 14.4. The molecule has 1 aliphatic heterocycles. The van der Waals surface area contributed by atoms with Gasteiger partial charge in [-0.1, -0.05) is 95.3 Å². The standard InChI is InChI=1S/C15H29N3Si2.C10H18N4.Ti/c1-15(12-17-19(2,3)4,13-18-20(5,6)7)14-10-8-9-11-16-14;1-10(2,3)13-9-8(11-4)6-14(5)7-12-9;/h8-11H,12-13H2,1-7H3;6H,7H2,1-5H3;/q2*-2;+4. The molecule has 1 aromatic rings. The van der Waals surface area contributed by atoms with Crippen molar-refractivity contribution in [2.75, 3.05) is 33.9 Å². The molecule has 2 heterocycles. The summed E-state index contributed by atoms with van der Waals surface area (Å²) in [5.41, 5.74) is 1.80. The van der Waals surface area contributed by atoms with E-state index in [0.717, 1.165) is 30.3 Å². The largest absolute Gasteiger partial charge is 4.00 e. The molecule has 0 radical (unpaired) electrons. The Morgan fingerprint density at radius 2 is 1.54 bits per heavy atom. The molecule has 0 unspecified atom stereocenters. The van der Waals surface area contributed by atoms with Crippen LogP contribution in [-0.4, -0.2) is 71.6 Å². The number of hydrogen-bond donors (Lipinski definition) is 0. The minimum absolute atomic E-state index is 0. The Labute approximate surface area is 232 Å². The molecule has 10 heteroatoms. The number of amidine groups is 1. The molecule has 0 aromatic carbocycles. The van der Waals surface area contributed by atoms with Gasteiger partial charge < -0.3 is 30.5 Å². The fourth-order valence-electron chi connectivity index (χ4n) is 2.89. The van der Waals surface area contributed by atoms with Crippen LogP contribution in [0.15, 0.2) is 41.3 Å². The number of rotatable bonds is 8. The molecule has 0 fully saturated rings. The topological polar surface area (TPSA) is 84.9 Å². The Morgan fingerprint density at radius 3 is 1.94 bits per heavy atom. The maximum Gasteiger partial charge on any atom is 4.00 e. The van der Waals surface area contributed by atoms with E-state index in [4.69, 9.17) is 9.96 Å². The third-order valence-electron chi connectivity index (χ3n) is 4.79. The zero-order valence-electron chi connectivity index (χ0n) is 24.1. The van der Waals surface area contributed by atoms with Gasteiger partial charge in [-0.15, -0.1) is 25.8 Å². The number of nitrogens with zero attached hydrogens (tertiary/aromatic N) is 7. The van der Waals surface area contributed by atoms with E-state index in [-0.39, 0.29) is 32.7 Å². The average Bonchev–Trinajstić information content (AvgIpc) is 2.71. The molecular formula is C25H47N7Si2Ti. The summed E-state index contributed by atoms with van der Waals surface area (Å²) in [5.74, 6) is 0.762. The summed E-state index contributed by atoms with van der Waals surface area (Å²) in [6.07, 6.45) is 3.84. The van der Waals surface area contributed by atoms with Crippen LogP contribution in [-0.2, 0) is 27.1 Å². The van der Waals surface area contributed by atoms with Gasteiger partial charge in [0.1, 0.15) is 0 Å². The van der Waals surface area contributed by atoms with Gasteiger partial charge >= 0.3 is 21.7 Å². The van der Waals surface area contributed by atoms with Gasteiger partial charge in [0.2, 0.25) is 0 Å². The van der Waals surface area contributed by atoms with Crippen LogP contribution in [0.1, 0.15) is 33.4 Å². The Hall–Kier alpha value is -0.972. The Kier molecular flexibility index (Phi) is 13.7. The number of likely N-dealkylation sites (N-methyl/N-ethyl adjacent to an activating group) is 1. The van der Waals surface area contributed by atoms with Crippen LogP contribution < -0.4 is 0 Å². The molecule has 194 valence electrons. The maximum absolute atomic E-state index is 4.96. The molecule has 0 N–H and O–H groups in total. The quantitative estimate of drug-likeness (QED) is 0.325. The maximum atomic E-state index is 4.96. The van der Waals surface area contributed by atoms with Crippen molar-refractivity contribution in [1.82, 2.24) is 9.88 Å².